The summed E-state index contributed by atoms with van der Waals surface area (Å²) in [5.74, 6) is -0.775. The minimum Gasteiger partial charge on any atom is -0.442 e. The van der Waals surface area contributed by atoms with E-state index in [4.69, 9.17) is 14.2 Å². The molecule has 3 saturated heterocycles. The quantitative estimate of drug-likeness (QED) is 0.676. The van der Waals surface area contributed by atoms with Gasteiger partial charge in [-0.25, -0.2) is 9.18 Å². The molecule has 1 N–H and O–H groups in total. The van der Waals surface area contributed by atoms with E-state index in [-0.39, 0.29) is 55.1 Å². The van der Waals surface area contributed by atoms with E-state index in [1.54, 1.807) is 37.8 Å². The van der Waals surface area contributed by atoms with Gasteiger partial charge in [0.2, 0.25) is 5.91 Å². The molecule has 5 atom stereocenters. The van der Waals surface area contributed by atoms with Crippen molar-refractivity contribution >= 4 is 23.6 Å². The number of piperidine rings is 1. The van der Waals surface area contributed by atoms with Crippen molar-refractivity contribution in [2.75, 3.05) is 37.7 Å². The van der Waals surface area contributed by atoms with Crippen molar-refractivity contribution in [1.82, 2.24) is 10.2 Å². The first kappa shape index (κ1) is 23.0. The largest absolute Gasteiger partial charge is 0.442 e. The molecule has 10 heteroatoms. The van der Waals surface area contributed by atoms with Gasteiger partial charge in [-0.05, 0) is 49.3 Å². The van der Waals surface area contributed by atoms with Crippen LogP contribution >= 0.6 is 0 Å². The minimum absolute atomic E-state index is 0.0652. The molecule has 5 rings (SSSR count). The molecule has 3 aliphatic heterocycles. The Morgan fingerprint density at radius 1 is 1.21 bits per heavy atom. The molecule has 34 heavy (non-hydrogen) atoms. The predicted molar refractivity (Wildman–Crippen MR) is 119 cm³/mol. The van der Waals surface area contributed by atoms with Crippen molar-refractivity contribution in [3.05, 3.63) is 29.6 Å². The Morgan fingerprint density at radius 3 is 2.56 bits per heavy atom. The van der Waals surface area contributed by atoms with Crippen LogP contribution in [0.3, 0.4) is 0 Å². The molecule has 1 aliphatic carbocycles. The van der Waals surface area contributed by atoms with Crippen LogP contribution in [0.5, 0.6) is 0 Å². The molecule has 0 aromatic heterocycles. The van der Waals surface area contributed by atoms with Crippen molar-refractivity contribution in [2.24, 2.45) is 11.8 Å². The number of nitrogens with one attached hydrogen (secondary N) is 1. The number of nitrogens with zero attached hydrogens (tertiary/aromatic N) is 2. The lowest BCUT2D eigenvalue weighted by molar-refractivity contribution is -0.159. The summed E-state index contributed by atoms with van der Waals surface area (Å²) in [6.45, 7) is 7.21. The first-order valence-corrected chi connectivity index (χ1v) is 11.8. The number of likely N-dealkylation sites (tertiary alicyclic amines) is 1. The number of halogens is 1. The highest BCUT2D eigenvalue weighted by Crippen LogP contribution is 2.59. The monoisotopic (exact) mass is 475 g/mol. The summed E-state index contributed by atoms with van der Waals surface area (Å²) in [6, 6.07) is 4.83. The van der Waals surface area contributed by atoms with Crippen LogP contribution in [0.25, 0.3) is 0 Å². The van der Waals surface area contributed by atoms with Crippen molar-refractivity contribution < 1.29 is 33.0 Å². The fraction of sp³-hybridized carbons (Fsp3) is 0.625. The van der Waals surface area contributed by atoms with Crippen LogP contribution in [0.1, 0.15) is 38.7 Å². The number of ether oxygens (including phenoxy) is 3. The second-order valence-electron chi connectivity index (χ2n) is 9.89. The van der Waals surface area contributed by atoms with E-state index in [0.29, 0.717) is 30.8 Å². The van der Waals surface area contributed by atoms with Gasteiger partial charge in [0.1, 0.15) is 11.9 Å². The van der Waals surface area contributed by atoms with E-state index in [2.05, 4.69) is 5.32 Å². The number of carbonyl (C=O) groups excluding carboxylic acids is 3. The summed E-state index contributed by atoms with van der Waals surface area (Å²) in [6.07, 6.45) is -1.26. The van der Waals surface area contributed by atoms with Gasteiger partial charge >= 0.3 is 6.09 Å². The maximum Gasteiger partial charge on any atom is 0.414 e. The highest BCUT2D eigenvalue weighted by atomic mass is 19.1. The molecule has 1 saturated carbocycles. The smallest absolute Gasteiger partial charge is 0.414 e. The van der Waals surface area contributed by atoms with Crippen molar-refractivity contribution in [3.63, 3.8) is 0 Å². The molecule has 1 aromatic carbocycles. The second-order valence-corrected chi connectivity index (χ2v) is 9.89. The number of carbonyl (C=O) groups is 3. The molecular formula is C24H30FN3O6. The maximum absolute atomic E-state index is 15.1. The fourth-order valence-corrected chi connectivity index (χ4v) is 5.33. The highest BCUT2D eigenvalue weighted by Gasteiger charge is 2.58. The molecular weight excluding hydrogens is 445 g/mol. The molecule has 3 amide bonds. The van der Waals surface area contributed by atoms with Crippen molar-refractivity contribution in [1.29, 1.82) is 0 Å². The zero-order valence-electron chi connectivity index (χ0n) is 19.6. The topological polar surface area (TPSA) is 97.4 Å². The van der Waals surface area contributed by atoms with E-state index in [1.807, 2.05) is 0 Å². The Labute approximate surface area is 197 Å². The van der Waals surface area contributed by atoms with Crippen molar-refractivity contribution in [3.8, 4) is 0 Å². The molecule has 0 spiro atoms. The van der Waals surface area contributed by atoms with Gasteiger partial charge in [0, 0.05) is 19.5 Å². The SMILES string of the molecule is CCC(=O)NC[C@H]1CN(c2ccc(C3[C@H]4CN(C(=O)[C@@H]5COC(C)(C)O5)C[C@@H]34)c(F)c2)C(=O)O1. The van der Waals surface area contributed by atoms with Crippen LogP contribution in [0.4, 0.5) is 14.9 Å². The lowest BCUT2D eigenvalue weighted by Crippen LogP contribution is -2.41. The normalized spacial score (nSPS) is 31.4. The Balaban J connectivity index is 1.17. The number of hydrogen-bond acceptors (Lipinski definition) is 6. The Hall–Kier alpha value is -2.72. The standard InChI is InChI=1S/C24H30FN3O6/c1-4-20(29)26-8-14-9-28(23(31)33-14)13-5-6-15(18(25)7-13)21-16-10-27(11-17(16)21)22(30)19-12-32-24(2,3)34-19/h5-7,14,16-17,19,21H,4,8-12H2,1-3H3,(H,26,29)/t14-,16-,17+,19-,21?/m0/s1. The first-order chi connectivity index (χ1) is 16.2. The summed E-state index contributed by atoms with van der Waals surface area (Å²) in [5.41, 5.74) is 1.05. The van der Waals surface area contributed by atoms with Crippen LogP contribution in [-0.2, 0) is 23.8 Å². The predicted octanol–water partition coefficient (Wildman–Crippen LogP) is 2.00. The molecule has 184 valence electrons. The third-order valence-electron chi connectivity index (χ3n) is 7.17. The molecule has 1 aromatic rings. The van der Waals surface area contributed by atoms with Gasteiger partial charge in [0.05, 0.1) is 25.4 Å². The lowest BCUT2D eigenvalue weighted by atomic mass is 10.0. The molecule has 4 fully saturated rings. The fourth-order valence-electron chi connectivity index (χ4n) is 5.33. The van der Waals surface area contributed by atoms with Crippen LogP contribution in [0.15, 0.2) is 18.2 Å². The van der Waals surface area contributed by atoms with Gasteiger partial charge in [0.25, 0.3) is 5.91 Å². The average molecular weight is 476 g/mol. The molecule has 9 nitrogen and oxygen atoms in total. The maximum atomic E-state index is 15.1. The number of hydrogen-bond donors (Lipinski definition) is 1. The van der Waals surface area contributed by atoms with Crippen LogP contribution in [0.2, 0.25) is 0 Å². The molecule has 3 heterocycles. The Bertz CT molecular complexity index is 1000. The van der Waals surface area contributed by atoms with Gasteiger partial charge in [-0.2, -0.15) is 0 Å². The number of benzene rings is 1. The molecule has 1 unspecified atom stereocenters. The van der Waals surface area contributed by atoms with E-state index in [1.165, 1.54) is 11.0 Å². The highest BCUT2D eigenvalue weighted by molar-refractivity contribution is 5.90. The van der Waals surface area contributed by atoms with Crippen LogP contribution in [0, 0.1) is 17.7 Å². The molecule has 0 bridgehead atoms. The van der Waals surface area contributed by atoms with Gasteiger partial charge in [-0.15, -0.1) is 0 Å². The summed E-state index contributed by atoms with van der Waals surface area (Å²) in [4.78, 5) is 39.6. The van der Waals surface area contributed by atoms with E-state index in [9.17, 15) is 14.4 Å². The van der Waals surface area contributed by atoms with Gasteiger partial charge in [0.15, 0.2) is 11.9 Å². The number of amides is 3. The zero-order valence-corrected chi connectivity index (χ0v) is 19.6. The number of cyclic esters (lactones) is 1. The lowest BCUT2D eigenvalue weighted by Gasteiger charge is -2.24. The first-order valence-electron chi connectivity index (χ1n) is 11.8. The van der Waals surface area contributed by atoms with E-state index >= 15 is 4.39 Å². The van der Waals surface area contributed by atoms with E-state index < -0.39 is 24.1 Å². The third kappa shape index (κ3) is 4.24. The van der Waals surface area contributed by atoms with Gasteiger partial charge in [-0.3, -0.25) is 14.5 Å². The second kappa shape index (κ2) is 8.49. The minimum atomic E-state index is -0.748. The zero-order chi connectivity index (χ0) is 24.2. The summed E-state index contributed by atoms with van der Waals surface area (Å²) in [5, 5.41) is 2.71. The van der Waals surface area contributed by atoms with E-state index in [0.717, 1.165) is 0 Å². The van der Waals surface area contributed by atoms with Crippen LogP contribution in [-0.4, -0.2) is 73.6 Å². The third-order valence-corrected chi connectivity index (χ3v) is 7.17. The molecule has 0 radical (unpaired) electrons. The number of rotatable bonds is 6. The summed E-state index contributed by atoms with van der Waals surface area (Å²) in [7, 11) is 0. The number of anilines is 1. The van der Waals surface area contributed by atoms with Crippen LogP contribution < -0.4 is 10.2 Å². The van der Waals surface area contributed by atoms with Gasteiger partial charge in [-0.1, -0.05) is 13.0 Å². The Kier molecular flexibility index (Phi) is 5.76. The van der Waals surface area contributed by atoms with Crippen molar-refractivity contribution in [2.45, 2.75) is 51.1 Å². The summed E-state index contributed by atoms with van der Waals surface area (Å²) >= 11 is 0. The Morgan fingerprint density at radius 2 is 1.94 bits per heavy atom. The number of fused-ring (bicyclic) bond motifs is 1. The average Bonchev–Trinajstić information content (AvgIpc) is 3.15. The van der Waals surface area contributed by atoms with Gasteiger partial charge < -0.3 is 24.4 Å². The summed E-state index contributed by atoms with van der Waals surface area (Å²) < 4.78 is 31.5. The molecule has 4 aliphatic rings.